The molecule has 0 aliphatic carbocycles. The summed E-state index contributed by atoms with van der Waals surface area (Å²) in [5.41, 5.74) is 0. The minimum absolute atomic E-state index is 0. The number of rotatable bonds is 0. The van der Waals surface area contributed by atoms with Crippen LogP contribution in [-0.4, -0.2) is 0 Å². The Morgan fingerprint density at radius 3 is 1.14 bits per heavy atom. The second-order valence-electron chi connectivity index (χ2n) is 0.447. The first-order valence-corrected chi connectivity index (χ1v) is 2.19. The fourth-order valence-corrected chi connectivity index (χ4v) is 0. The van der Waals surface area contributed by atoms with Gasteiger partial charge in [0, 0.05) is 31.1 Å². The van der Waals surface area contributed by atoms with Gasteiger partial charge < -0.3 is 19.2 Å². The second kappa shape index (κ2) is 6.03. The van der Waals surface area contributed by atoms with Crippen LogP contribution < -0.4 is 14.7 Å². The Labute approximate surface area is 79.8 Å². The van der Waals surface area contributed by atoms with Crippen LogP contribution in [0.1, 0.15) is 0 Å². The molecule has 7 heteroatoms. The van der Waals surface area contributed by atoms with Crippen LogP contribution in [0, 0.1) is 31.1 Å². The predicted molar refractivity (Wildman–Crippen MR) is 7.61 cm³/mol. The van der Waals surface area contributed by atoms with Crippen LogP contribution >= 0.6 is 7.82 Å². The van der Waals surface area contributed by atoms with Crippen LogP contribution in [0.25, 0.3) is 0 Å². The number of hydrogen-bond acceptors (Lipinski definition) is 4. The first-order chi connectivity index (χ1) is 2.00. The molecule has 0 spiro atoms. The van der Waals surface area contributed by atoms with Crippen molar-refractivity contribution in [2.75, 3.05) is 0 Å². The molecule has 0 fully saturated rings. The van der Waals surface area contributed by atoms with Crippen LogP contribution in [-0.2, 0) is 26.9 Å². The Morgan fingerprint density at radius 2 is 1.14 bits per heavy atom. The van der Waals surface area contributed by atoms with E-state index in [-0.39, 0.29) is 53.5 Å². The molecule has 0 unspecified atom stereocenters. The fourth-order valence-electron chi connectivity index (χ4n) is 0. The average Bonchev–Trinajstić information content (AvgIpc) is 0.722. The standard InChI is InChI=1S/Nb.H3O4P.U/c;1-5(2,3)4;/h;(H3,1,2,3,4);/q+5;;/p-3. The maximum atomic E-state index is 8.55. The van der Waals surface area contributed by atoms with Gasteiger partial charge in [0.25, 0.3) is 0 Å². The first kappa shape index (κ1) is 16.0. The Bertz CT molecular complexity index is 57.8. The molecule has 0 bridgehead atoms. The summed E-state index contributed by atoms with van der Waals surface area (Å²) in [7, 11) is -5.39. The molecule has 0 aromatic heterocycles. The summed E-state index contributed by atoms with van der Waals surface area (Å²) in [6.07, 6.45) is 0. The van der Waals surface area contributed by atoms with Crippen LogP contribution in [0.3, 0.4) is 0 Å². The van der Waals surface area contributed by atoms with Gasteiger partial charge in [0.1, 0.15) is 0 Å². The quantitative estimate of drug-likeness (QED) is 0.309. The molecule has 0 aromatic rings. The van der Waals surface area contributed by atoms with Gasteiger partial charge in [-0.15, -0.1) is 0 Å². The molecular formula is NbO4PU+2. The summed E-state index contributed by atoms with van der Waals surface area (Å²) in [4.78, 5) is 25.6. The van der Waals surface area contributed by atoms with Gasteiger partial charge in [0.05, 0.1) is 0 Å². The van der Waals surface area contributed by atoms with Gasteiger partial charge in [0.2, 0.25) is 0 Å². The van der Waals surface area contributed by atoms with Gasteiger partial charge >= 0.3 is 22.4 Å². The van der Waals surface area contributed by atoms with E-state index in [4.69, 9.17) is 19.2 Å². The van der Waals surface area contributed by atoms with E-state index in [1.807, 2.05) is 0 Å². The fraction of sp³-hybridized carbons (Fsp3) is 0. The summed E-state index contributed by atoms with van der Waals surface area (Å²) < 4.78 is 8.55. The van der Waals surface area contributed by atoms with E-state index in [1.54, 1.807) is 0 Å². The summed E-state index contributed by atoms with van der Waals surface area (Å²) in [6.45, 7) is 0. The maximum Gasteiger partial charge on any atom is 5.00 e. The minimum atomic E-state index is -5.39. The molecular weight excluding hydrogens is 426 g/mol. The van der Waals surface area contributed by atoms with Crippen molar-refractivity contribution < 1.29 is 72.7 Å². The van der Waals surface area contributed by atoms with Crippen LogP contribution in [0.15, 0.2) is 0 Å². The van der Waals surface area contributed by atoms with Gasteiger partial charge in [-0.05, 0) is 0 Å². The molecule has 0 atom stereocenters. The second-order valence-corrected chi connectivity index (χ2v) is 1.34. The Balaban J connectivity index is -0.0000000800. The van der Waals surface area contributed by atoms with Crippen molar-refractivity contribution in [1.82, 2.24) is 0 Å². The molecule has 0 amide bonds. The zero-order valence-corrected chi connectivity index (χ0v) is 10.3. The van der Waals surface area contributed by atoms with Crippen molar-refractivity contribution in [3.63, 3.8) is 0 Å². The zero-order chi connectivity index (χ0) is 4.50. The van der Waals surface area contributed by atoms with E-state index in [0.29, 0.717) is 0 Å². The SMILES string of the molecule is O=P([O-])([O-])[O-].[Nb+5].[U]. The van der Waals surface area contributed by atoms with Crippen molar-refractivity contribution in [2.45, 2.75) is 0 Å². The van der Waals surface area contributed by atoms with Crippen LogP contribution in [0.4, 0.5) is 0 Å². The van der Waals surface area contributed by atoms with Crippen molar-refractivity contribution >= 4 is 7.82 Å². The van der Waals surface area contributed by atoms with Crippen molar-refractivity contribution in [1.29, 1.82) is 0 Å². The van der Waals surface area contributed by atoms with E-state index in [0.717, 1.165) is 0 Å². The molecule has 0 saturated heterocycles. The van der Waals surface area contributed by atoms with Crippen LogP contribution in [0.5, 0.6) is 0 Å². The molecule has 7 heavy (non-hydrogen) atoms. The molecule has 36 valence electrons. The molecule has 0 aromatic carbocycles. The van der Waals surface area contributed by atoms with E-state index in [2.05, 4.69) is 0 Å². The molecule has 0 heterocycles. The van der Waals surface area contributed by atoms with E-state index >= 15 is 0 Å². The normalized spacial score (nSPS) is 8.43. The van der Waals surface area contributed by atoms with E-state index < -0.39 is 7.82 Å². The van der Waals surface area contributed by atoms with Gasteiger partial charge in [-0.2, -0.15) is 7.82 Å². The molecule has 0 radical (unpaired) electrons. The average molecular weight is 426 g/mol. The molecule has 4 nitrogen and oxygen atoms in total. The topological polar surface area (TPSA) is 86.2 Å². The Kier molecular flexibility index (Phi) is 13.7. The summed E-state index contributed by atoms with van der Waals surface area (Å²) >= 11 is 0. The third-order valence-corrected chi connectivity index (χ3v) is 0. The Morgan fingerprint density at radius 1 is 1.14 bits per heavy atom. The molecule has 0 aliphatic heterocycles. The van der Waals surface area contributed by atoms with Gasteiger partial charge in [-0.1, -0.05) is 0 Å². The molecule has 0 saturated carbocycles. The predicted octanol–water partition coefficient (Wildman–Crippen LogP) is -2.83. The Hall–Kier alpha value is 1.90. The summed E-state index contributed by atoms with van der Waals surface area (Å²) in [5.74, 6) is 0. The van der Waals surface area contributed by atoms with Crippen molar-refractivity contribution in [3.05, 3.63) is 0 Å². The summed E-state index contributed by atoms with van der Waals surface area (Å²) in [6, 6.07) is 0. The van der Waals surface area contributed by atoms with E-state index in [9.17, 15) is 0 Å². The van der Waals surface area contributed by atoms with Gasteiger partial charge in [0.15, 0.2) is 0 Å². The molecule has 0 rings (SSSR count). The zero-order valence-electron chi connectivity index (χ0n) is 3.03. The largest absolute Gasteiger partial charge is 5.00 e. The third-order valence-electron chi connectivity index (χ3n) is 0. The monoisotopic (exact) mass is 426 g/mol. The maximum absolute atomic E-state index is 8.55. The minimum Gasteiger partial charge on any atom is -0.822 e. The first-order valence-electron chi connectivity index (χ1n) is 0.730. The van der Waals surface area contributed by atoms with Gasteiger partial charge in [-0.3, -0.25) is 0 Å². The van der Waals surface area contributed by atoms with Crippen LogP contribution in [0.2, 0.25) is 0 Å². The van der Waals surface area contributed by atoms with Crippen molar-refractivity contribution in [3.8, 4) is 0 Å². The van der Waals surface area contributed by atoms with Gasteiger partial charge in [-0.25, -0.2) is 0 Å². The smallest absolute Gasteiger partial charge is 0.822 e. The number of hydrogen-bond donors (Lipinski definition) is 0. The van der Waals surface area contributed by atoms with E-state index in [1.165, 1.54) is 0 Å². The van der Waals surface area contributed by atoms with Crippen molar-refractivity contribution in [2.24, 2.45) is 0 Å². The summed E-state index contributed by atoms with van der Waals surface area (Å²) in [5, 5.41) is 0. The number of phosphoric acid groups is 1. The molecule has 0 aliphatic rings. The third kappa shape index (κ3) is 76.1. The molecule has 0 N–H and O–H groups in total.